The lowest BCUT2D eigenvalue weighted by molar-refractivity contribution is 1.01. The Morgan fingerprint density at radius 1 is 0.295 bits per heavy atom. The largest absolute Gasteiger partial charge is 0.353 e. The van der Waals surface area contributed by atoms with Crippen LogP contribution in [-0.2, 0) is 25.7 Å². The van der Waals surface area contributed by atoms with Crippen LogP contribution >= 0.6 is 22.6 Å². The zero-order valence-corrected chi connectivity index (χ0v) is 44.3. The van der Waals surface area contributed by atoms with Gasteiger partial charge in [0.15, 0.2) is 0 Å². The van der Waals surface area contributed by atoms with Gasteiger partial charge in [-0.25, -0.2) is 0 Å². The van der Waals surface area contributed by atoms with E-state index in [1.54, 1.807) is 0 Å². The highest BCUT2D eigenvalue weighted by Crippen LogP contribution is 2.47. The average Bonchev–Trinajstić information content (AvgIpc) is 3.50. The number of halogens is 1. The number of rotatable bonds is 1. The molecule has 0 fully saturated rings. The maximum atomic E-state index is 3.86. The van der Waals surface area contributed by atoms with E-state index in [4.69, 9.17) is 0 Å². The van der Waals surface area contributed by atoms with Crippen molar-refractivity contribution < 1.29 is 0 Å². The molecule has 0 aliphatic heterocycles. The van der Waals surface area contributed by atoms with E-state index in [-0.39, 0.29) is 7.43 Å². The monoisotopic (exact) mass is 1110 g/mol. The molecule has 0 amide bonds. The molecule has 372 valence electrons. The molecule has 0 bridgehead atoms. The number of H-pyrrole nitrogens is 3. The zero-order valence-electron chi connectivity index (χ0n) is 42.1. The smallest absolute Gasteiger partial charge is 0.0789 e. The van der Waals surface area contributed by atoms with Crippen LogP contribution in [0.4, 0.5) is 0 Å². The minimum Gasteiger partial charge on any atom is -0.353 e. The summed E-state index contributed by atoms with van der Waals surface area (Å²) >= 11 is 2.28. The fraction of sp³-hybridized carbons (Fsp3) is 0.0685. The lowest BCUT2D eigenvalue weighted by atomic mass is 9.83. The van der Waals surface area contributed by atoms with Crippen LogP contribution in [0, 0.1) is 3.57 Å². The molecule has 5 heteroatoms. The molecule has 4 nitrogen and oxygen atoms in total. The normalized spacial score (nSPS) is 12.6. The third kappa shape index (κ3) is 7.25. The topological polar surface area (TPSA) is 52.3 Å². The lowest BCUT2D eigenvalue weighted by Gasteiger charge is -2.21. The Morgan fingerprint density at radius 2 is 0.628 bits per heavy atom. The molecule has 0 atom stereocenters. The molecular formula is C73H53IN4. The molecule has 18 rings (SSSR count). The second-order valence-corrected chi connectivity index (χ2v) is 22.3. The van der Waals surface area contributed by atoms with Crippen molar-refractivity contribution in [3.8, 4) is 5.69 Å². The highest BCUT2D eigenvalue weighted by Gasteiger charge is 2.25. The zero-order chi connectivity index (χ0) is 50.7. The number of para-hydroxylation sites is 5. The Hall–Kier alpha value is -8.91. The summed E-state index contributed by atoms with van der Waals surface area (Å²) in [6, 6.07) is 83.8. The Balaban J connectivity index is 0.000000121. The fourth-order valence-electron chi connectivity index (χ4n) is 13.3. The maximum absolute atomic E-state index is 3.86. The number of hydrogen-bond acceptors (Lipinski definition) is 0. The summed E-state index contributed by atoms with van der Waals surface area (Å²) in [5.74, 6) is 0. The third-order valence-corrected chi connectivity index (χ3v) is 17.5. The number of hydrogen-bond donors (Lipinski definition) is 3. The van der Waals surface area contributed by atoms with Gasteiger partial charge in [-0.1, -0.05) is 165 Å². The molecule has 0 saturated carbocycles. The van der Waals surface area contributed by atoms with Crippen molar-refractivity contribution in [2.75, 3.05) is 0 Å². The molecule has 16 aromatic rings. The number of fused-ring (bicyclic) bond motifs is 24. The van der Waals surface area contributed by atoms with Gasteiger partial charge in [0.1, 0.15) is 0 Å². The number of benzene rings is 12. The average molecular weight is 1110 g/mol. The molecule has 0 radical (unpaired) electrons. The van der Waals surface area contributed by atoms with Crippen LogP contribution in [0.1, 0.15) is 51.9 Å². The molecule has 0 spiro atoms. The Kier molecular flexibility index (Phi) is 10.9. The quantitative estimate of drug-likeness (QED) is 0.137. The Labute approximate surface area is 465 Å². The van der Waals surface area contributed by atoms with E-state index in [0.29, 0.717) is 0 Å². The van der Waals surface area contributed by atoms with Crippen LogP contribution in [0.15, 0.2) is 231 Å². The minimum atomic E-state index is 0. The molecule has 78 heavy (non-hydrogen) atoms. The summed E-state index contributed by atoms with van der Waals surface area (Å²) in [6.45, 7) is 0. The van der Waals surface area contributed by atoms with Crippen LogP contribution in [-0.4, -0.2) is 19.5 Å². The molecule has 2 aliphatic rings. The molecule has 3 N–H and O–H groups in total. The highest BCUT2D eigenvalue weighted by molar-refractivity contribution is 14.1. The van der Waals surface area contributed by atoms with Gasteiger partial charge < -0.3 is 19.5 Å². The van der Waals surface area contributed by atoms with Crippen molar-refractivity contribution in [3.05, 3.63) is 279 Å². The van der Waals surface area contributed by atoms with Crippen molar-refractivity contribution in [3.63, 3.8) is 0 Å². The van der Waals surface area contributed by atoms with E-state index in [9.17, 15) is 0 Å². The van der Waals surface area contributed by atoms with Gasteiger partial charge in [-0.2, -0.15) is 0 Å². The van der Waals surface area contributed by atoms with Crippen molar-refractivity contribution in [1.29, 1.82) is 0 Å². The van der Waals surface area contributed by atoms with E-state index >= 15 is 0 Å². The number of aromatic amines is 3. The van der Waals surface area contributed by atoms with E-state index in [2.05, 4.69) is 254 Å². The van der Waals surface area contributed by atoms with E-state index < -0.39 is 0 Å². The summed E-state index contributed by atoms with van der Waals surface area (Å²) in [5, 5.41) is 15.9. The summed E-state index contributed by atoms with van der Waals surface area (Å²) < 4.78 is 3.75. The van der Waals surface area contributed by atoms with Gasteiger partial charge in [0, 0.05) is 68.9 Å². The van der Waals surface area contributed by atoms with Crippen LogP contribution < -0.4 is 0 Å². The standard InChI is InChI=1S/C36H24N2.C30H20N2.C6H5I.CH4/c1-2-12-26(13-3-1)38-32-17-9-7-15-28(32)34-30-21-25-19-23-11-5-4-10-22(23)18-24(25)20-29(30)33-27-14-6-8-16-31(27)37-35(33)36(34)38;1-2-8-18-14-20-16-24-23(15-19(20)13-17(18)7-1)27-21-9-3-5-11-25(21)31-29(27)30-28(24)22-10-4-6-12-26(22)32-30;7-6-4-2-1-3-5-6;/h1-17,20-21,37H,18-19H2;1-12,15-16,31-32H,13-14H2;1-5H;1H4. The highest BCUT2D eigenvalue weighted by atomic mass is 127. The van der Waals surface area contributed by atoms with Crippen molar-refractivity contribution in [1.82, 2.24) is 19.5 Å². The molecule has 4 aromatic heterocycles. The second-order valence-electron chi connectivity index (χ2n) is 21.0. The molecular weight excluding hydrogens is 1060 g/mol. The van der Waals surface area contributed by atoms with Crippen molar-refractivity contribution in [2.45, 2.75) is 33.1 Å². The number of nitrogens with zero attached hydrogens (tertiary/aromatic N) is 1. The second kappa shape index (κ2) is 18.4. The SMILES string of the molecule is C.Ic1ccccc1.c1ccc(-n2c3ccccc3c3c4cc5c(cc4c4c6ccccc6[nH]c4c32)Cc2ccccc2C5)cc1.c1ccc2c(c1)Cc1cc3c(cc1C2)c1c2ccccc2[nH]c1c1[nH]c2ccccc2c31. The van der Waals surface area contributed by atoms with E-state index in [1.807, 2.05) is 18.2 Å². The van der Waals surface area contributed by atoms with Gasteiger partial charge in [-0.05, 0) is 187 Å². The Bertz CT molecular complexity index is 4910. The molecule has 2 aliphatic carbocycles. The molecule has 12 aromatic carbocycles. The van der Waals surface area contributed by atoms with Gasteiger partial charge in [0.25, 0.3) is 0 Å². The van der Waals surface area contributed by atoms with Crippen molar-refractivity contribution in [2.24, 2.45) is 0 Å². The first-order valence-corrected chi connectivity index (χ1v) is 27.9. The molecule has 0 saturated heterocycles. The van der Waals surface area contributed by atoms with Crippen LogP contribution in [0.25, 0.3) is 114 Å². The first kappa shape index (κ1) is 46.4. The predicted octanol–water partition coefficient (Wildman–Crippen LogP) is 19.6. The third-order valence-electron chi connectivity index (χ3n) is 16.7. The van der Waals surface area contributed by atoms with Gasteiger partial charge in [-0.15, -0.1) is 0 Å². The number of aromatic nitrogens is 4. The van der Waals surface area contributed by atoms with Crippen LogP contribution in [0.3, 0.4) is 0 Å². The van der Waals surface area contributed by atoms with Crippen molar-refractivity contribution >= 4 is 131 Å². The molecule has 0 unspecified atom stereocenters. The Morgan fingerprint density at radius 3 is 1.05 bits per heavy atom. The fourth-order valence-corrected chi connectivity index (χ4v) is 13.7. The van der Waals surface area contributed by atoms with Crippen LogP contribution in [0.5, 0.6) is 0 Å². The summed E-state index contributed by atoms with van der Waals surface area (Å²) in [4.78, 5) is 11.3. The van der Waals surface area contributed by atoms with Gasteiger partial charge in [0.2, 0.25) is 0 Å². The van der Waals surface area contributed by atoms with Gasteiger partial charge in [0.05, 0.1) is 27.6 Å². The number of nitrogens with one attached hydrogen (secondary N) is 3. The summed E-state index contributed by atoms with van der Waals surface area (Å²) in [7, 11) is 0. The van der Waals surface area contributed by atoms with Gasteiger partial charge >= 0.3 is 0 Å². The van der Waals surface area contributed by atoms with Gasteiger partial charge in [-0.3, -0.25) is 0 Å². The maximum Gasteiger partial charge on any atom is 0.0789 e. The summed E-state index contributed by atoms with van der Waals surface area (Å²) in [5.41, 5.74) is 22.5. The first-order valence-electron chi connectivity index (χ1n) is 26.8. The van der Waals surface area contributed by atoms with E-state index in [1.165, 1.54) is 163 Å². The first-order chi connectivity index (χ1) is 38.1. The molecule has 4 heterocycles. The minimum absolute atomic E-state index is 0. The van der Waals surface area contributed by atoms with Crippen LogP contribution in [0.2, 0.25) is 0 Å². The van der Waals surface area contributed by atoms with E-state index in [0.717, 1.165) is 25.7 Å². The predicted molar refractivity (Wildman–Crippen MR) is 340 cm³/mol. The summed E-state index contributed by atoms with van der Waals surface area (Å²) in [6.07, 6.45) is 4.01. The lowest BCUT2D eigenvalue weighted by Crippen LogP contribution is -2.07.